The summed E-state index contributed by atoms with van der Waals surface area (Å²) in [6.45, 7) is 1.78. The average molecular weight is 372 g/mol. The van der Waals surface area contributed by atoms with Crippen LogP contribution in [0.25, 0.3) is 11.1 Å². The minimum absolute atomic E-state index is 0.229. The van der Waals surface area contributed by atoms with Crippen molar-refractivity contribution in [2.75, 3.05) is 13.8 Å². The predicted octanol–water partition coefficient (Wildman–Crippen LogP) is 4.12. The Morgan fingerprint density at radius 1 is 1.12 bits per heavy atom. The first-order valence-corrected chi connectivity index (χ1v) is 10.8. The molecule has 0 radical (unpaired) electrons. The summed E-state index contributed by atoms with van der Waals surface area (Å²) in [5, 5.41) is 6.55. The van der Waals surface area contributed by atoms with E-state index >= 15 is 0 Å². The first kappa shape index (κ1) is 18.0. The monoisotopic (exact) mass is 372 g/mol. The van der Waals surface area contributed by atoms with Gasteiger partial charge in [-0.15, -0.1) is 0 Å². The molecule has 25 heavy (non-hydrogen) atoms. The van der Waals surface area contributed by atoms with Gasteiger partial charge in [-0.2, -0.15) is 0 Å². The predicted molar refractivity (Wildman–Crippen MR) is 107 cm³/mol. The summed E-state index contributed by atoms with van der Waals surface area (Å²) in [5.41, 5.74) is 2.19. The Labute approximate surface area is 153 Å². The highest BCUT2D eigenvalue weighted by molar-refractivity contribution is 7.78. The van der Waals surface area contributed by atoms with Crippen LogP contribution in [0.3, 0.4) is 0 Å². The van der Waals surface area contributed by atoms with Crippen molar-refractivity contribution in [2.24, 2.45) is 4.99 Å². The third-order valence-corrected chi connectivity index (χ3v) is 6.81. The number of methoxy groups -OCH3 is 1. The first-order chi connectivity index (χ1) is 12.0. The molecule has 1 aliphatic carbocycles. The lowest BCUT2D eigenvalue weighted by Gasteiger charge is -2.34. The fourth-order valence-electron chi connectivity index (χ4n) is 3.02. The molecule has 0 aliphatic heterocycles. The molecule has 4 nitrogen and oxygen atoms in total. The van der Waals surface area contributed by atoms with E-state index in [0.29, 0.717) is 0 Å². The largest absolute Gasteiger partial charge is 0.497 e. The summed E-state index contributed by atoms with van der Waals surface area (Å²) >= 11 is 4.62. The van der Waals surface area contributed by atoms with Crippen molar-refractivity contribution in [1.82, 2.24) is 5.09 Å². The van der Waals surface area contributed by atoms with Gasteiger partial charge in [0.15, 0.2) is 7.29 Å². The van der Waals surface area contributed by atoms with Gasteiger partial charge in [0.2, 0.25) is 0 Å². The van der Waals surface area contributed by atoms with Gasteiger partial charge in [0.1, 0.15) is 5.75 Å². The normalized spacial score (nSPS) is 21.5. The Kier molecular flexibility index (Phi) is 5.51. The summed E-state index contributed by atoms with van der Waals surface area (Å²) in [5.74, 6) is 0.833. The smallest absolute Gasteiger partial charge is 0.173 e. The molecule has 2 aromatic rings. The Morgan fingerprint density at radius 3 is 2.20 bits per heavy atom. The van der Waals surface area contributed by atoms with Crippen LogP contribution < -0.4 is 15.1 Å². The maximum absolute atomic E-state index is 13.0. The number of nitrogens with one attached hydrogen (secondary N) is 1. The SMILES string of the molecule is COc1ccc(-c2ccc(P(C)(=O)N[C@H]3C[C@@H](N=C=S)C3)cc2)cc1. The number of nitrogens with zero attached hydrogens (tertiary/aromatic N) is 1. The quantitative estimate of drug-likeness (QED) is 0.471. The molecule has 1 N–H and O–H groups in total. The summed E-state index contributed by atoms with van der Waals surface area (Å²) in [7, 11) is -0.940. The van der Waals surface area contributed by atoms with Crippen molar-refractivity contribution < 1.29 is 9.30 Å². The van der Waals surface area contributed by atoms with E-state index in [2.05, 4.69) is 27.5 Å². The van der Waals surface area contributed by atoms with E-state index in [1.54, 1.807) is 13.8 Å². The third kappa shape index (κ3) is 4.26. The van der Waals surface area contributed by atoms with Crippen LogP contribution in [0.15, 0.2) is 53.5 Å². The summed E-state index contributed by atoms with van der Waals surface area (Å²) in [6, 6.07) is 16.3. The van der Waals surface area contributed by atoms with Gasteiger partial charge in [0, 0.05) is 18.0 Å². The fourth-order valence-corrected chi connectivity index (χ4v) is 4.94. The van der Waals surface area contributed by atoms with Crippen molar-refractivity contribution in [3.05, 3.63) is 48.5 Å². The molecular formula is C19H21N2O2PS. The van der Waals surface area contributed by atoms with E-state index in [1.165, 1.54) is 0 Å². The maximum Gasteiger partial charge on any atom is 0.173 e. The second-order valence-electron chi connectivity index (χ2n) is 6.37. The number of ether oxygens (including phenoxy) is 1. The average Bonchev–Trinajstić information content (AvgIpc) is 2.60. The number of thiocarbonyl (C=S) groups is 1. The molecule has 1 atom stereocenters. The van der Waals surface area contributed by atoms with E-state index in [0.717, 1.165) is 35.0 Å². The van der Waals surface area contributed by atoms with Crippen molar-refractivity contribution in [3.8, 4) is 16.9 Å². The molecule has 0 bridgehead atoms. The molecule has 2 aromatic carbocycles. The van der Waals surface area contributed by atoms with Gasteiger partial charge in [-0.3, -0.25) is 5.09 Å². The molecule has 0 heterocycles. The first-order valence-electron chi connectivity index (χ1n) is 8.19. The molecule has 1 fully saturated rings. The number of hydrogen-bond acceptors (Lipinski definition) is 4. The summed E-state index contributed by atoms with van der Waals surface area (Å²) in [6.07, 6.45) is 1.73. The lowest BCUT2D eigenvalue weighted by molar-refractivity contribution is 0.331. The Bertz CT molecular complexity index is 824. The molecule has 130 valence electrons. The zero-order valence-corrected chi connectivity index (χ0v) is 16.0. The molecule has 0 aromatic heterocycles. The van der Waals surface area contributed by atoms with Crippen LogP contribution in [0.4, 0.5) is 0 Å². The third-order valence-electron chi connectivity index (χ3n) is 4.56. The molecule has 0 spiro atoms. The highest BCUT2D eigenvalue weighted by Crippen LogP contribution is 2.40. The molecule has 6 heteroatoms. The van der Waals surface area contributed by atoms with E-state index < -0.39 is 7.29 Å². The summed E-state index contributed by atoms with van der Waals surface area (Å²) < 4.78 is 18.2. The van der Waals surface area contributed by atoms with Crippen molar-refractivity contribution in [3.63, 3.8) is 0 Å². The van der Waals surface area contributed by atoms with Gasteiger partial charge in [0.05, 0.1) is 18.3 Å². The molecule has 1 unspecified atom stereocenters. The van der Waals surface area contributed by atoms with Crippen molar-refractivity contribution in [1.29, 1.82) is 0 Å². The molecule has 1 saturated carbocycles. The fraction of sp³-hybridized carbons (Fsp3) is 0.316. The minimum Gasteiger partial charge on any atom is -0.497 e. The second kappa shape index (κ2) is 7.63. The zero-order valence-electron chi connectivity index (χ0n) is 14.3. The van der Waals surface area contributed by atoms with Crippen LogP contribution in [0.5, 0.6) is 5.75 Å². The number of isothiocyanates is 1. The molecule has 3 rings (SSSR count). The topological polar surface area (TPSA) is 50.7 Å². The molecular weight excluding hydrogens is 351 g/mol. The van der Waals surface area contributed by atoms with Crippen LogP contribution in [-0.4, -0.2) is 31.0 Å². The minimum atomic E-state index is -2.59. The van der Waals surface area contributed by atoms with E-state index in [4.69, 9.17) is 4.74 Å². The standard InChI is InChI=1S/C19H21N2O2PS/c1-23-18-7-3-14(4-8-18)15-5-9-19(10-6-15)24(2,22)21-17-11-16(12-17)20-13-25/h3-10,16-17H,11-12H2,1-2H3,(H,21,22)/t16-,17+,24?. The van der Waals surface area contributed by atoms with Crippen LogP contribution in [-0.2, 0) is 4.57 Å². The van der Waals surface area contributed by atoms with Crippen molar-refractivity contribution in [2.45, 2.75) is 24.9 Å². The Balaban J connectivity index is 1.68. The highest BCUT2D eigenvalue weighted by atomic mass is 32.1. The van der Waals surface area contributed by atoms with Crippen LogP contribution in [0.1, 0.15) is 12.8 Å². The number of aliphatic imine (C=N–C) groups is 1. The number of hydrogen-bond donors (Lipinski definition) is 1. The number of rotatable bonds is 6. The highest BCUT2D eigenvalue weighted by Gasteiger charge is 2.33. The maximum atomic E-state index is 13.0. The van der Waals surface area contributed by atoms with Crippen LogP contribution in [0.2, 0.25) is 0 Å². The van der Waals surface area contributed by atoms with Gasteiger partial charge >= 0.3 is 0 Å². The lowest BCUT2D eigenvalue weighted by atomic mass is 9.88. The van der Waals surface area contributed by atoms with Gasteiger partial charge in [-0.25, -0.2) is 4.99 Å². The van der Waals surface area contributed by atoms with Crippen molar-refractivity contribution >= 4 is 30.0 Å². The van der Waals surface area contributed by atoms with Crippen LogP contribution >= 0.6 is 19.5 Å². The Morgan fingerprint density at radius 2 is 1.68 bits per heavy atom. The Hall–Kier alpha value is -1.77. The van der Waals surface area contributed by atoms with E-state index in [-0.39, 0.29) is 12.1 Å². The van der Waals surface area contributed by atoms with Crippen LogP contribution in [0, 0.1) is 0 Å². The second-order valence-corrected chi connectivity index (χ2v) is 9.18. The lowest BCUT2D eigenvalue weighted by Crippen LogP contribution is -2.43. The van der Waals surface area contributed by atoms with E-state index in [1.807, 2.05) is 48.5 Å². The van der Waals surface area contributed by atoms with Gasteiger partial charge < -0.3 is 9.30 Å². The molecule has 1 aliphatic rings. The van der Waals surface area contributed by atoms with E-state index in [9.17, 15) is 4.57 Å². The molecule has 0 amide bonds. The van der Waals surface area contributed by atoms with Gasteiger partial charge in [-0.05, 0) is 60.5 Å². The molecule has 0 saturated heterocycles. The number of benzene rings is 2. The van der Waals surface area contributed by atoms with Gasteiger partial charge in [-0.1, -0.05) is 24.3 Å². The summed E-state index contributed by atoms with van der Waals surface area (Å²) in [4.78, 5) is 4.07. The zero-order chi connectivity index (χ0) is 17.9. The van der Waals surface area contributed by atoms with Gasteiger partial charge in [0.25, 0.3) is 0 Å².